The number of nitrogens with one attached hydrogen (secondary N) is 1. The zero-order valence-corrected chi connectivity index (χ0v) is 13.5. The molecule has 6 heteroatoms. The molecule has 0 saturated carbocycles. The Bertz CT molecular complexity index is 452. The molecule has 1 aromatic rings. The summed E-state index contributed by atoms with van der Waals surface area (Å²) >= 11 is 7.43. The zero-order chi connectivity index (χ0) is 14.5. The lowest BCUT2D eigenvalue weighted by atomic mass is 10.0. The highest BCUT2D eigenvalue weighted by Gasteiger charge is 2.35. The van der Waals surface area contributed by atoms with Crippen LogP contribution in [0, 0.1) is 5.92 Å². The molecule has 4 nitrogen and oxygen atoms in total. The van der Waals surface area contributed by atoms with Crippen LogP contribution in [0.2, 0.25) is 4.34 Å². The van der Waals surface area contributed by atoms with E-state index in [0.29, 0.717) is 19.8 Å². The molecule has 0 bridgehead atoms. The molecule has 0 aliphatic carbocycles. The summed E-state index contributed by atoms with van der Waals surface area (Å²) in [5.74, 6) is 0.0580. The number of amides is 1. The van der Waals surface area contributed by atoms with Crippen LogP contribution < -0.4 is 5.32 Å². The van der Waals surface area contributed by atoms with Gasteiger partial charge in [-0.2, -0.15) is 0 Å². The first-order chi connectivity index (χ1) is 9.61. The van der Waals surface area contributed by atoms with E-state index in [0.717, 1.165) is 22.2 Å². The maximum Gasteiger partial charge on any atom is 0.229 e. The highest BCUT2D eigenvalue weighted by atomic mass is 35.5. The number of nitrogens with zero attached hydrogens (tertiary/aromatic N) is 1. The van der Waals surface area contributed by atoms with Crippen LogP contribution in [0.3, 0.4) is 0 Å². The molecule has 1 aliphatic rings. The van der Waals surface area contributed by atoms with Crippen LogP contribution in [0.15, 0.2) is 12.1 Å². The molecule has 2 heterocycles. The van der Waals surface area contributed by atoms with Crippen LogP contribution >= 0.6 is 22.9 Å². The number of carbonyl (C=O) groups excluding carboxylic acids is 1. The lowest BCUT2D eigenvalue weighted by molar-refractivity contribution is -0.135. The molecule has 2 rings (SSSR count). The number of carbonyl (C=O) groups is 1. The lowest BCUT2D eigenvalue weighted by Gasteiger charge is -2.24. The maximum absolute atomic E-state index is 12.5. The Kier molecular flexibility index (Phi) is 5.84. The molecule has 0 spiro atoms. The summed E-state index contributed by atoms with van der Waals surface area (Å²) in [6.45, 7) is 4.77. The SMILES string of the molecule is CCCNC1COCC1C(=O)N(C)Cc1ccc(Cl)s1. The minimum atomic E-state index is -0.0815. The average molecular weight is 317 g/mol. The molecule has 1 N–H and O–H groups in total. The van der Waals surface area contributed by atoms with Crippen molar-refractivity contribution in [3.63, 3.8) is 0 Å². The predicted octanol–water partition coefficient (Wildman–Crippen LogP) is 2.37. The van der Waals surface area contributed by atoms with E-state index in [1.807, 2.05) is 19.2 Å². The lowest BCUT2D eigenvalue weighted by Crippen LogP contribution is -2.44. The van der Waals surface area contributed by atoms with Crippen LogP contribution in [0.4, 0.5) is 0 Å². The molecule has 20 heavy (non-hydrogen) atoms. The second-order valence-electron chi connectivity index (χ2n) is 5.10. The van der Waals surface area contributed by atoms with Gasteiger partial charge in [0.25, 0.3) is 0 Å². The summed E-state index contributed by atoms with van der Waals surface area (Å²) in [5, 5.41) is 3.39. The molecule has 1 saturated heterocycles. The zero-order valence-electron chi connectivity index (χ0n) is 11.9. The molecule has 1 amide bonds. The van der Waals surface area contributed by atoms with E-state index in [9.17, 15) is 4.79 Å². The van der Waals surface area contributed by atoms with Gasteiger partial charge in [-0.25, -0.2) is 0 Å². The third-order valence-electron chi connectivity index (χ3n) is 3.45. The Hall–Kier alpha value is -0.620. The summed E-state index contributed by atoms with van der Waals surface area (Å²) in [4.78, 5) is 15.4. The van der Waals surface area contributed by atoms with Gasteiger partial charge in [0.2, 0.25) is 5.91 Å². The van der Waals surface area contributed by atoms with E-state index in [1.165, 1.54) is 11.3 Å². The number of hydrogen-bond donors (Lipinski definition) is 1. The van der Waals surface area contributed by atoms with Gasteiger partial charge in [-0.1, -0.05) is 18.5 Å². The highest BCUT2D eigenvalue weighted by Crippen LogP contribution is 2.24. The first-order valence-corrected chi connectivity index (χ1v) is 8.11. The normalized spacial score (nSPS) is 22.1. The number of rotatable bonds is 6. The van der Waals surface area contributed by atoms with Gasteiger partial charge >= 0.3 is 0 Å². The van der Waals surface area contributed by atoms with Crippen molar-refractivity contribution in [1.82, 2.24) is 10.2 Å². The summed E-state index contributed by atoms with van der Waals surface area (Å²) in [6.07, 6.45) is 1.06. The minimum absolute atomic E-state index is 0.0815. The van der Waals surface area contributed by atoms with Crippen molar-refractivity contribution in [2.45, 2.75) is 25.9 Å². The molecule has 112 valence electrons. The summed E-state index contributed by atoms with van der Waals surface area (Å²) in [7, 11) is 1.84. The van der Waals surface area contributed by atoms with Gasteiger partial charge in [-0.3, -0.25) is 4.79 Å². The Morgan fingerprint density at radius 2 is 2.35 bits per heavy atom. The van der Waals surface area contributed by atoms with Gasteiger partial charge in [0, 0.05) is 18.0 Å². The fourth-order valence-corrected chi connectivity index (χ4v) is 3.50. The van der Waals surface area contributed by atoms with Crippen molar-refractivity contribution in [3.8, 4) is 0 Å². The van der Waals surface area contributed by atoms with Crippen molar-refractivity contribution < 1.29 is 9.53 Å². The van der Waals surface area contributed by atoms with Crippen LogP contribution in [0.1, 0.15) is 18.2 Å². The molecule has 0 aromatic carbocycles. The summed E-state index contributed by atoms with van der Waals surface area (Å²) in [6, 6.07) is 3.97. The minimum Gasteiger partial charge on any atom is -0.379 e. The number of ether oxygens (including phenoxy) is 1. The number of halogens is 1. The second kappa shape index (κ2) is 7.41. The van der Waals surface area contributed by atoms with Crippen molar-refractivity contribution in [1.29, 1.82) is 0 Å². The fraction of sp³-hybridized carbons (Fsp3) is 0.643. The van der Waals surface area contributed by atoms with Gasteiger partial charge in [0.1, 0.15) is 0 Å². The van der Waals surface area contributed by atoms with Gasteiger partial charge in [0.15, 0.2) is 0 Å². The van der Waals surface area contributed by atoms with Crippen LogP contribution in [-0.4, -0.2) is 43.7 Å². The Balaban J connectivity index is 1.91. The van der Waals surface area contributed by atoms with Crippen molar-refractivity contribution in [2.75, 3.05) is 26.8 Å². The standard InChI is InChI=1S/C14H21ClN2O2S/c1-3-6-16-12-9-19-8-11(12)14(18)17(2)7-10-4-5-13(15)20-10/h4-5,11-12,16H,3,6-9H2,1-2H3. The quantitative estimate of drug-likeness (QED) is 0.876. The topological polar surface area (TPSA) is 41.6 Å². The van der Waals surface area contributed by atoms with E-state index in [4.69, 9.17) is 16.3 Å². The second-order valence-corrected chi connectivity index (χ2v) is 6.90. The van der Waals surface area contributed by atoms with Crippen LogP contribution in [0.25, 0.3) is 0 Å². The molecule has 2 unspecified atom stereocenters. The van der Waals surface area contributed by atoms with Gasteiger partial charge in [-0.15, -0.1) is 11.3 Å². The Morgan fingerprint density at radius 3 is 3.00 bits per heavy atom. The van der Waals surface area contributed by atoms with E-state index in [-0.39, 0.29) is 17.9 Å². The molecule has 2 atom stereocenters. The van der Waals surface area contributed by atoms with E-state index in [1.54, 1.807) is 4.90 Å². The van der Waals surface area contributed by atoms with Gasteiger partial charge < -0.3 is 15.0 Å². The third kappa shape index (κ3) is 3.95. The van der Waals surface area contributed by atoms with Crippen molar-refractivity contribution >= 4 is 28.8 Å². The fourth-order valence-electron chi connectivity index (χ4n) is 2.36. The maximum atomic E-state index is 12.5. The molecular weight excluding hydrogens is 296 g/mol. The highest BCUT2D eigenvalue weighted by molar-refractivity contribution is 7.16. The molecule has 1 aromatic heterocycles. The largest absolute Gasteiger partial charge is 0.379 e. The van der Waals surface area contributed by atoms with Crippen molar-refractivity contribution in [2.24, 2.45) is 5.92 Å². The summed E-state index contributed by atoms with van der Waals surface area (Å²) in [5.41, 5.74) is 0. The number of hydrogen-bond acceptors (Lipinski definition) is 4. The first kappa shape index (κ1) is 15.8. The first-order valence-electron chi connectivity index (χ1n) is 6.92. The van der Waals surface area contributed by atoms with Crippen molar-refractivity contribution in [3.05, 3.63) is 21.3 Å². The average Bonchev–Trinajstić information content (AvgIpc) is 3.04. The van der Waals surface area contributed by atoms with E-state index in [2.05, 4.69) is 12.2 Å². The van der Waals surface area contributed by atoms with Gasteiger partial charge in [0.05, 0.1) is 30.0 Å². The molecule has 1 fully saturated rings. The van der Waals surface area contributed by atoms with Crippen LogP contribution in [-0.2, 0) is 16.1 Å². The number of thiophene rings is 1. The predicted molar refractivity (Wildman–Crippen MR) is 82.2 cm³/mol. The summed E-state index contributed by atoms with van der Waals surface area (Å²) < 4.78 is 6.22. The van der Waals surface area contributed by atoms with E-state index >= 15 is 0 Å². The Morgan fingerprint density at radius 1 is 1.55 bits per heavy atom. The molecular formula is C14H21ClN2O2S. The smallest absolute Gasteiger partial charge is 0.229 e. The van der Waals surface area contributed by atoms with E-state index < -0.39 is 0 Å². The molecule has 1 aliphatic heterocycles. The van der Waals surface area contributed by atoms with Gasteiger partial charge in [-0.05, 0) is 25.1 Å². The Labute approximate surface area is 129 Å². The van der Waals surface area contributed by atoms with Crippen LogP contribution in [0.5, 0.6) is 0 Å². The molecule has 0 radical (unpaired) electrons. The third-order valence-corrected chi connectivity index (χ3v) is 4.67. The monoisotopic (exact) mass is 316 g/mol.